The zero-order valence-corrected chi connectivity index (χ0v) is 11.4. The first-order chi connectivity index (χ1) is 7.94. The highest BCUT2D eigenvalue weighted by Gasteiger charge is 2.21. The molecule has 0 amide bonds. The van der Waals surface area contributed by atoms with Crippen LogP contribution in [0.1, 0.15) is 40.4 Å². The number of nitrogens with one attached hydrogen (secondary N) is 1. The van der Waals surface area contributed by atoms with Crippen LogP contribution in [-0.4, -0.2) is 38.5 Å². The van der Waals surface area contributed by atoms with Crippen molar-refractivity contribution in [1.29, 1.82) is 0 Å². The van der Waals surface area contributed by atoms with E-state index in [1.54, 1.807) is 4.68 Å². The van der Waals surface area contributed by atoms with Crippen LogP contribution in [0, 0.1) is 0 Å². The van der Waals surface area contributed by atoms with Gasteiger partial charge in [-0.2, -0.15) is 0 Å². The minimum Gasteiger partial charge on any atom is -0.374 e. The standard InChI is InChI=1S/C11H23N5O/c1-6-17-11(4,5)8-16-10(13-14-15-16)7-12-9(2)3/h9,12H,6-8H2,1-5H3. The Morgan fingerprint density at radius 1 is 1.41 bits per heavy atom. The molecule has 1 rings (SSSR count). The molecule has 0 radical (unpaired) electrons. The Labute approximate surface area is 103 Å². The van der Waals surface area contributed by atoms with Gasteiger partial charge in [0.2, 0.25) is 0 Å². The van der Waals surface area contributed by atoms with Crippen LogP contribution < -0.4 is 5.32 Å². The van der Waals surface area contributed by atoms with Gasteiger partial charge in [0.1, 0.15) is 0 Å². The van der Waals surface area contributed by atoms with Crippen molar-refractivity contribution in [3.8, 4) is 0 Å². The first kappa shape index (κ1) is 14.1. The molecule has 0 fully saturated rings. The molecule has 0 saturated carbocycles. The van der Waals surface area contributed by atoms with Gasteiger partial charge in [-0.15, -0.1) is 5.10 Å². The fourth-order valence-electron chi connectivity index (χ4n) is 1.57. The molecule has 1 aromatic heterocycles. The summed E-state index contributed by atoms with van der Waals surface area (Å²) in [5.41, 5.74) is -0.253. The average Bonchev–Trinajstić information content (AvgIpc) is 2.61. The Balaban J connectivity index is 2.62. The summed E-state index contributed by atoms with van der Waals surface area (Å²) in [4.78, 5) is 0. The summed E-state index contributed by atoms with van der Waals surface area (Å²) in [7, 11) is 0. The summed E-state index contributed by atoms with van der Waals surface area (Å²) in [5, 5.41) is 15.0. The molecule has 0 spiro atoms. The van der Waals surface area contributed by atoms with Gasteiger partial charge in [0.25, 0.3) is 0 Å². The average molecular weight is 241 g/mol. The van der Waals surface area contributed by atoms with Crippen LogP contribution in [0.3, 0.4) is 0 Å². The van der Waals surface area contributed by atoms with Crippen LogP contribution in [0.5, 0.6) is 0 Å². The van der Waals surface area contributed by atoms with E-state index in [1.165, 1.54) is 0 Å². The van der Waals surface area contributed by atoms with Gasteiger partial charge < -0.3 is 10.1 Å². The zero-order valence-electron chi connectivity index (χ0n) is 11.4. The monoisotopic (exact) mass is 241 g/mol. The van der Waals surface area contributed by atoms with Crippen LogP contribution in [0.25, 0.3) is 0 Å². The number of aromatic nitrogens is 4. The predicted molar refractivity (Wildman–Crippen MR) is 65.5 cm³/mol. The minimum absolute atomic E-state index is 0.253. The fourth-order valence-corrected chi connectivity index (χ4v) is 1.57. The zero-order chi connectivity index (χ0) is 12.9. The summed E-state index contributed by atoms with van der Waals surface area (Å²) in [6, 6.07) is 0.417. The van der Waals surface area contributed by atoms with Crippen LogP contribution in [-0.2, 0) is 17.8 Å². The molecule has 0 saturated heterocycles. The number of nitrogens with zero attached hydrogens (tertiary/aromatic N) is 4. The van der Waals surface area contributed by atoms with E-state index in [2.05, 4.69) is 34.7 Å². The maximum Gasteiger partial charge on any atom is 0.165 e. The third-order valence-electron chi connectivity index (χ3n) is 2.34. The van der Waals surface area contributed by atoms with E-state index in [4.69, 9.17) is 4.74 Å². The Kier molecular flexibility index (Phi) is 5.02. The molecule has 17 heavy (non-hydrogen) atoms. The summed E-state index contributed by atoms with van der Waals surface area (Å²) >= 11 is 0. The van der Waals surface area contributed by atoms with Crippen molar-refractivity contribution in [2.45, 2.75) is 59.4 Å². The number of rotatable bonds is 7. The Morgan fingerprint density at radius 2 is 2.12 bits per heavy atom. The van der Waals surface area contributed by atoms with Gasteiger partial charge in [-0.3, -0.25) is 0 Å². The van der Waals surface area contributed by atoms with Gasteiger partial charge in [0.15, 0.2) is 5.82 Å². The van der Waals surface area contributed by atoms with Gasteiger partial charge in [-0.25, -0.2) is 4.68 Å². The van der Waals surface area contributed by atoms with Gasteiger partial charge in [-0.1, -0.05) is 13.8 Å². The van der Waals surface area contributed by atoms with Crippen molar-refractivity contribution in [2.75, 3.05) is 6.61 Å². The normalized spacial score (nSPS) is 12.4. The predicted octanol–water partition coefficient (Wildman–Crippen LogP) is 0.986. The highest BCUT2D eigenvalue weighted by molar-refractivity contribution is 4.83. The quantitative estimate of drug-likeness (QED) is 0.771. The van der Waals surface area contributed by atoms with Gasteiger partial charge >= 0.3 is 0 Å². The molecule has 0 aliphatic carbocycles. The number of hydrogen-bond donors (Lipinski definition) is 1. The number of hydrogen-bond acceptors (Lipinski definition) is 5. The lowest BCUT2D eigenvalue weighted by atomic mass is 10.1. The fraction of sp³-hybridized carbons (Fsp3) is 0.909. The summed E-state index contributed by atoms with van der Waals surface area (Å²) < 4.78 is 7.44. The van der Waals surface area contributed by atoms with Crippen molar-refractivity contribution < 1.29 is 4.74 Å². The minimum atomic E-state index is -0.253. The lowest BCUT2D eigenvalue weighted by Crippen LogP contribution is -2.33. The molecule has 98 valence electrons. The SMILES string of the molecule is CCOC(C)(C)Cn1nnnc1CNC(C)C. The van der Waals surface area contributed by atoms with Crippen molar-refractivity contribution in [3.05, 3.63) is 5.82 Å². The van der Waals surface area contributed by atoms with E-state index in [-0.39, 0.29) is 5.60 Å². The molecule has 0 aromatic carbocycles. The highest BCUT2D eigenvalue weighted by Crippen LogP contribution is 2.12. The number of tetrazole rings is 1. The molecule has 0 aliphatic heterocycles. The third kappa shape index (κ3) is 4.79. The maximum absolute atomic E-state index is 5.65. The maximum atomic E-state index is 5.65. The van der Waals surface area contributed by atoms with Crippen LogP contribution >= 0.6 is 0 Å². The molecule has 0 atom stereocenters. The lowest BCUT2D eigenvalue weighted by molar-refractivity contribution is -0.0256. The highest BCUT2D eigenvalue weighted by atomic mass is 16.5. The molecule has 6 nitrogen and oxygen atoms in total. The second-order valence-electron chi connectivity index (χ2n) is 4.98. The van der Waals surface area contributed by atoms with E-state index in [1.807, 2.05) is 20.8 Å². The van der Waals surface area contributed by atoms with Crippen molar-refractivity contribution in [2.24, 2.45) is 0 Å². The van der Waals surface area contributed by atoms with Gasteiger partial charge in [0, 0.05) is 12.6 Å². The smallest absolute Gasteiger partial charge is 0.165 e. The largest absolute Gasteiger partial charge is 0.374 e. The summed E-state index contributed by atoms with van der Waals surface area (Å²) in [6.45, 7) is 12.3. The van der Waals surface area contributed by atoms with Gasteiger partial charge in [-0.05, 0) is 31.2 Å². The molecular weight excluding hydrogens is 218 g/mol. The van der Waals surface area contributed by atoms with Gasteiger partial charge in [0.05, 0.1) is 18.7 Å². The van der Waals surface area contributed by atoms with Crippen molar-refractivity contribution in [3.63, 3.8) is 0 Å². The Morgan fingerprint density at radius 3 is 2.71 bits per heavy atom. The molecule has 0 bridgehead atoms. The van der Waals surface area contributed by atoms with E-state index in [0.717, 1.165) is 5.82 Å². The summed E-state index contributed by atoms with van der Waals surface area (Å²) in [6.07, 6.45) is 0. The van der Waals surface area contributed by atoms with Crippen LogP contribution in [0.2, 0.25) is 0 Å². The molecule has 1 aromatic rings. The first-order valence-corrected chi connectivity index (χ1v) is 6.07. The van der Waals surface area contributed by atoms with E-state index in [9.17, 15) is 0 Å². The second kappa shape index (κ2) is 6.07. The molecule has 1 N–H and O–H groups in total. The Hall–Kier alpha value is -1.01. The molecule has 1 heterocycles. The molecular formula is C11H23N5O. The van der Waals surface area contributed by atoms with Crippen molar-refractivity contribution >= 4 is 0 Å². The van der Waals surface area contributed by atoms with E-state index in [0.29, 0.717) is 25.7 Å². The van der Waals surface area contributed by atoms with Crippen molar-refractivity contribution in [1.82, 2.24) is 25.5 Å². The molecule has 6 heteroatoms. The number of ether oxygens (including phenoxy) is 1. The molecule has 0 aliphatic rings. The van der Waals surface area contributed by atoms with Crippen LogP contribution in [0.4, 0.5) is 0 Å². The second-order valence-corrected chi connectivity index (χ2v) is 4.98. The lowest BCUT2D eigenvalue weighted by Gasteiger charge is -2.24. The topological polar surface area (TPSA) is 64.9 Å². The van der Waals surface area contributed by atoms with E-state index < -0.39 is 0 Å². The van der Waals surface area contributed by atoms with E-state index >= 15 is 0 Å². The third-order valence-corrected chi connectivity index (χ3v) is 2.34. The first-order valence-electron chi connectivity index (χ1n) is 6.07. The summed E-state index contributed by atoms with van der Waals surface area (Å²) in [5.74, 6) is 0.839. The Bertz CT molecular complexity index is 334. The molecule has 0 unspecified atom stereocenters. The van der Waals surface area contributed by atoms with Crippen LogP contribution in [0.15, 0.2) is 0 Å².